The van der Waals surface area contributed by atoms with Gasteiger partial charge in [-0.1, -0.05) is 50.1 Å². The van der Waals surface area contributed by atoms with E-state index in [0.29, 0.717) is 0 Å². The molecule has 0 aliphatic carbocycles. The van der Waals surface area contributed by atoms with Crippen LogP contribution in [0.4, 0.5) is 0 Å². The van der Waals surface area contributed by atoms with E-state index in [-0.39, 0.29) is 35.5 Å². The summed E-state index contributed by atoms with van der Waals surface area (Å²) in [6.07, 6.45) is 5.46. The zero-order valence-electron chi connectivity index (χ0n) is 11.5. The Hall–Kier alpha value is -0.310. The third-order valence-corrected chi connectivity index (χ3v) is 3.08. The minimum Gasteiger partial charge on any atom is -0.550 e. The molecule has 0 saturated carbocycles. The summed E-state index contributed by atoms with van der Waals surface area (Å²) in [6, 6.07) is 10.3. The number of hydrogen-bond acceptors (Lipinski definition) is 2. The first kappa shape index (κ1) is 17.7. The van der Waals surface area contributed by atoms with Crippen molar-refractivity contribution in [2.24, 2.45) is 5.92 Å². The van der Waals surface area contributed by atoms with Gasteiger partial charge in [-0.05, 0) is 37.2 Å². The number of carboxylic acids is 1. The van der Waals surface area contributed by atoms with Gasteiger partial charge in [0, 0.05) is 5.97 Å². The van der Waals surface area contributed by atoms with E-state index >= 15 is 0 Å². The smallest absolute Gasteiger partial charge is 0.550 e. The molecule has 1 rings (SSSR count). The third-order valence-electron chi connectivity index (χ3n) is 3.08. The molecule has 0 fully saturated rings. The fourth-order valence-electron chi connectivity index (χ4n) is 2.09. The number of carbonyl (C=O) groups excluding carboxylic acids is 1. The Labute approximate surface area is 132 Å². The summed E-state index contributed by atoms with van der Waals surface area (Å²) in [5.74, 6) is -1.14. The molecule has 1 aromatic carbocycles. The van der Waals surface area contributed by atoms with Crippen LogP contribution < -0.4 is 34.7 Å². The third kappa shape index (κ3) is 7.20. The molecule has 0 saturated heterocycles. The van der Waals surface area contributed by atoms with E-state index in [1.54, 1.807) is 0 Å². The van der Waals surface area contributed by atoms with Crippen LogP contribution in [0.5, 0.6) is 0 Å². The molecule has 94 valence electrons. The molecule has 0 aliphatic rings. The first-order valence-corrected chi connectivity index (χ1v) is 6.48. The topological polar surface area (TPSA) is 40.1 Å². The molecule has 3 heteroatoms. The summed E-state index contributed by atoms with van der Waals surface area (Å²) in [5, 5.41) is 10.8. The van der Waals surface area contributed by atoms with Gasteiger partial charge in [-0.2, -0.15) is 0 Å². The van der Waals surface area contributed by atoms with Gasteiger partial charge < -0.3 is 9.90 Å². The second-order valence-corrected chi connectivity index (χ2v) is 4.54. The average Bonchev–Trinajstić information content (AvgIpc) is 2.34. The number of unbranched alkanes of at least 4 members (excludes halogenated alkanes) is 1. The van der Waals surface area contributed by atoms with Crippen LogP contribution in [0.2, 0.25) is 0 Å². The molecule has 0 heterocycles. The summed E-state index contributed by atoms with van der Waals surface area (Å²) in [7, 11) is 0. The number of carboxylic acid groups (broad SMARTS) is 1. The van der Waals surface area contributed by atoms with Gasteiger partial charge in [-0.3, -0.25) is 0 Å². The standard InChI is InChI=1S/C15H22O2.Na/c1-2-8-14(15(16)17)12-7-6-11-13-9-4-3-5-10-13;/h3-5,9-10,14H,2,6-8,11-12H2,1H3,(H,16,17);/q;+1/p-1. The van der Waals surface area contributed by atoms with Gasteiger partial charge in [0.1, 0.15) is 0 Å². The molecule has 0 aliphatic heterocycles. The maximum Gasteiger partial charge on any atom is 1.00 e. The van der Waals surface area contributed by atoms with Crippen molar-refractivity contribution < 1.29 is 39.5 Å². The Morgan fingerprint density at radius 3 is 2.39 bits per heavy atom. The predicted molar refractivity (Wildman–Crippen MR) is 67.4 cm³/mol. The van der Waals surface area contributed by atoms with Crippen LogP contribution in [0.25, 0.3) is 0 Å². The summed E-state index contributed by atoms with van der Waals surface area (Å²) in [4.78, 5) is 10.8. The van der Waals surface area contributed by atoms with Crippen molar-refractivity contribution in [2.75, 3.05) is 0 Å². The quantitative estimate of drug-likeness (QED) is 0.468. The van der Waals surface area contributed by atoms with Gasteiger partial charge in [-0.15, -0.1) is 0 Å². The van der Waals surface area contributed by atoms with Gasteiger partial charge in [0.2, 0.25) is 0 Å². The molecule has 1 aromatic rings. The molecule has 0 radical (unpaired) electrons. The number of benzene rings is 1. The van der Waals surface area contributed by atoms with E-state index < -0.39 is 5.97 Å². The van der Waals surface area contributed by atoms with E-state index in [1.165, 1.54) is 5.56 Å². The molecule has 1 unspecified atom stereocenters. The maximum atomic E-state index is 10.8. The van der Waals surface area contributed by atoms with Crippen LogP contribution in [0.15, 0.2) is 30.3 Å². The van der Waals surface area contributed by atoms with Crippen LogP contribution in [0, 0.1) is 5.92 Å². The van der Waals surface area contributed by atoms with Crippen molar-refractivity contribution >= 4 is 5.97 Å². The first-order valence-electron chi connectivity index (χ1n) is 6.48. The predicted octanol–water partition coefficient (Wildman–Crippen LogP) is -0.430. The minimum atomic E-state index is -0.883. The Balaban J connectivity index is 0.00000289. The molecule has 2 nitrogen and oxygen atoms in total. The Kier molecular flexibility index (Phi) is 10.4. The van der Waals surface area contributed by atoms with Crippen molar-refractivity contribution in [1.29, 1.82) is 0 Å². The second kappa shape index (κ2) is 10.6. The Morgan fingerprint density at radius 1 is 1.17 bits per heavy atom. The monoisotopic (exact) mass is 256 g/mol. The normalized spacial score (nSPS) is 11.6. The van der Waals surface area contributed by atoms with Crippen molar-refractivity contribution in [3.8, 4) is 0 Å². The minimum absolute atomic E-state index is 0. The van der Waals surface area contributed by atoms with Crippen molar-refractivity contribution in [1.82, 2.24) is 0 Å². The fourth-order valence-corrected chi connectivity index (χ4v) is 2.09. The number of hydrogen-bond donors (Lipinski definition) is 0. The van der Waals surface area contributed by atoms with E-state index in [9.17, 15) is 9.90 Å². The van der Waals surface area contributed by atoms with Gasteiger partial charge in [0.05, 0.1) is 0 Å². The zero-order chi connectivity index (χ0) is 12.5. The fraction of sp³-hybridized carbons (Fsp3) is 0.533. The number of carbonyl (C=O) groups is 1. The molecule has 0 N–H and O–H groups in total. The summed E-state index contributed by atoms with van der Waals surface area (Å²) < 4.78 is 0. The first-order chi connectivity index (χ1) is 8.24. The zero-order valence-corrected chi connectivity index (χ0v) is 13.5. The SMILES string of the molecule is CCCC(CCCCc1ccccc1)C(=O)[O-].[Na+]. The van der Waals surface area contributed by atoms with Crippen LogP contribution in [0.1, 0.15) is 44.6 Å². The molecule has 0 aromatic heterocycles. The van der Waals surface area contributed by atoms with Crippen LogP contribution in [0.3, 0.4) is 0 Å². The Morgan fingerprint density at radius 2 is 1.83 bits per heavy atom. The summed E-state index contributed by atoms with van der Waals surface area (Å²) in [6.45, 7) is 2.01. The summed E-state index contributed by atoms with van der Waals surface area (Å²) >= 11 is 0. The van der Waals surface area contributed by atoms with Crippen LogP contribution in [-0.4, -0.2) is 5.97 Å². The molecule has 0 bridgehead atoms. The van der Waals surface area contributed by atoms with E-state index in [4.69, 9.17) is 0 Å². The van der Waals surface area contributed by atoms with Crippen LogP contribution >= 0.6 is 0 Å². The molecule has 18 heavy (non-hydrogen) atoms. The van der Waals surface area contributed by atoms with E-state index in [2.05, 4.69) is 12.1 Å². The Bertz CT molecular complexity index is 325. The van der Waals surface area contributed by atoms with E-state index in [1.807, 2.05) is 25.1 Å². The van der Waals surface area contributed by atoms with Gasteiger partial charge in [0.15, 0.2) is 0 Å². The van der Waals surface area contributed by atoms with Crippen molar-refractivity contribution in [2.45, 2.75) is 45.4 Å². The van der Waals surface area contributed by atoms with Gasteiger partial charge in [-0.25, -0.2) is 0 Å². The summed E-state index contributed by atoms with van der Waals surface area (Å²) in [5.41, 5.74) is 1.33. The van der Waals surface area contributed by atoms with Crippen molar-refractivity contribution in [3.05, 3.63) is 35.9 Å². The second-order valence-electron chi connectivity index (χ2n) is 4.54. The van der Waals surface area contributed by atoms with Gasteiger partial charge >= 0.3 is 29.6 Å². The number of rotatable bonds is 8. The number of aliphatic carboxylic acids is 1. The molecular formula is C15H21NaO2. The molecule has 0 spiro atoms. The average molecular weight is 256 g/mol. The largest absolute Gasteiger partial charge is 1.00 e. The van der Waals surface area contributed by atoms with Gasteiger partial charge in [0.25, 0.3) is 0 Å². The van der Waals surface area contributed by atoms with Crippen molar-refractivity contribution in [3.63, 3.8) is 0 Å². The number of aryl methyl sites for hydroxylation is 1. The molecular weight excluding hydrogens is 235 g/mol. The maximum absolute atomic E-state index is 10.8. The van der Waals surface area contributed by atoms with E-state index in [0.717, 1.165) is 38.5 Å². The molecule has 0 amide bonds. The van der Waals surface area contributed by atoms with Crippen LogP contribution in [-0.2, 0) is 11.2 Å². The molecule has 1 atom stereocenters.